The average Bonchev–Trinajstić information content (AvgIpc) is 3.30. The highest BCUT2D eigenvalue weighted by Gasteiger charge is 2.41. The minimum absolute atomic E-state index is 0.0245. The van der Waals surface area contributed by atoms with Gasteiger partial charge < -0.3 is 5.32 Å². The van der Waals surface area contributed by atoms with Crippen LogP contribution in [0.5, 0.6) is 0 Å². The van der Waals surface area contributed by atoms with E-state index in [1.54, 1.807) is 13.8 Å². The van der Waals surface area contributed by atoms with Crippen LogP contribution >= 0.6 is 0 Å². The first-order valence-electron chi connectivity index (χ1n) is 9.50. The number of rotatable bonds is 6. The van der Waals surface area contributed by atoms with Gasteiger partial charge in [-0.05, 0) is 38.7 Å². The van der Waals surface area contributed by atoms with E-state index in [0.29, 0.717) is 18.5 Å². The van der Waals surface area contributed by atoms with E-state index in [4.69, 9.17) is 0 Å². The number of nitrogens with zero attached hydrogens (tertiary/aromatic N) is 4. The summed E-state index contributed by atoms with van der Waals surface area (Å²) < 4.78 is 80.0. The van der Waals surface area contributed by atoms with Crippen molar-refractivity contribution in [2.45, 2.75) is 70.5 Å². The molecule has 6 nitrogen and oxygen atoms in total. The van der Waals surface area contributed by atoms with Crippen molar-refractivity contribution in [1.29, 1.82) is 0 Å². The largest absolute Gasteiger partial charge is 0.435 e. The summed E-state index contributed by atoms with van der Waals surface area (Å²) in [5.41, 5.74) is -1.44. The molecule has 0 fully saturated rings. The minimum Gasteiger partial charge on any atom is -0.350 e. The zero-order valence-electron chi connectivity index (χ0n) is 16.3. The van der Waals surface area contributed by atoms with Gasteiger partial charge in [0.2, 0.25) is 5.91 Å². The summed E-state index contributed by atoms with van der Waals surface area (Å²) in [6, 6.07) is -0.716. The normalized spacial score (nSPS) is 16.4. The number of hydrogen-bond acceptors (Lipinski definition) is 3. The van der Waals surface area contributed by atoms with Crippen LogP contribution in [0.25, 0.3) is 0 Å². The molecule has 12 heteroatoms. The number of hydrogen-bond donors (Lipinski definition) is 1. The van der Waals surface area contributed by atoms with E-state index in [0.717, 1.165) is 21.6 Å². The van der Waals surface area contributed by atoms with Gasteiger partial charge in [-0.15, -0.1) is 0 Å². The van der Waals surface area contributed by atoms with Gasteiger partial charge in [0, 0.05) is 23.5 Å². The molecule has 0 aliphatic heterocycles. The van der Waals surface area contributed by atoms with Crippen molar-refractivity contribution in [3.8, 4) is 0 Å². The maximum absolute atomic E-state index is 13.3. The fourth-order valence-electron chi connectivity index (χ4n) is 3.70. The van der Waals surface area contributed by atoms with Crippen LogP contribution in [0.1, 0.15) is 55.4 Å². The maximum Gasteiger partial charge on any atom is 0.435 e. The van der Waals surface area contributed by atoms with Gasteiger partial charge in [-0.25, -0.2) is 0 Å². The SMILES string of the molecule is CC[C@@H](C(=O)N[C@@H](C)Cn1ccc(C(F)(F)F)n1)n1nc(C(F)(F)F)c2c1CCC2. The van der Waals surface area contributed by atoms with Crippen LogP contribution < -0.4 is 5.32 Å². The summed E-state index contributed by atoms with van der Waals surface area (Å²) >= 11 is 0. The Hall–Kier alpha value is -2.53. The lowest BCUT2D eigenvalue weighted by Gasteiger charge is -2.21. The van der Waals surface area contributed by atoms with Crippen molar-refractivity contribution >= 4 is 5.91 Å². The first-order chi connectivity index (χ1) is 13.9. The van der Waals surface area contributed by atoms with Crippen LogP contribution in [0.4, 0.5) is 26.3 Å². The second-order valence-corrected chi connectivity index (χ2v) is 7.32. The van der Waals surface area contributed by atoms with E-state index in [1.165, 1.54) is 0 Å². The summed E-state index contributed by atoms with van der Waals surface area (Å²) in [6.07, 6.45) is -6.57. The molecule has 1 amide bonds. The topological polar surface area (TPSA) is 64.7 Å². The molecule has 0 radical (unpaired) electrons. The summed E-state index contributed by atoms with van der Waals surface area (Å²) in [4.78, 5) is 12.7. The second-order valence-electron chi connectivity index (χ2n) is 7.32. The lowest BCUT2D eigenvalue weighted by molar-refractivity contribution is -0.142. The number of alkyl halides is 6. The summed E-state index contributed by atoms with van der Waals surface area (Å²) in [5.74, 6) is -0.542. The van der Waals surface area contributed by atoms with Crippen molar-refractivity contribution in [1.82, 2.24) is 24.9 Å². The summed E-state index contributed by atoms with van der Waals surface area (Å²) in [7, 11) is 0. The van der Waals surface area contributed by atoms with Gasteiger partial charge in [-0.1, -0.05) is 6.92 Å². The molecule has 1 aliphatic carbocycles. The molecule has 0 spiro atoms. The third kappa shape index (κ3) is 4.46. The molecule has 166 valence electrons. The summed E-state index contributed by atoms with van der Waals surface area (Å²) in [5, 5.41) is 9.77. The van der Waals surface area contributed by atoms with Gasteiger partial charge in [-0.3, -0.25) is 14.2 Å². The van der Waals surface area contributed by atoms with Crippen LogP contribution in [-0.4, -0.2) is 31.5 Å². The van der Waals surface area contributed by atoms with Gasteiger partial charge >= 0.3 is 12.4 Å². The molecule has 2 heterocycles. The molecule has 30 heavy (non-hydrogen) atoms. The van der Waals surface area contributed by atoms with Crippen molar-refractivity contribution in [3.05, 3.63) is 34.9 Å². The number of aromatic nitrogens is 4. The van der Waals surface area contributed by atoms with Gasteiger partial charge in [0.25, 0.3) is 0 Å². The molecule has 0 saturated heterocycles. The molecule has 0 unspecified atom stereocenters. The Balaban J connectivity index is 1.73. The van der Waals surface area contributed by atoms with Crippen LogP contribution in [0, 0.1) is 0 Å². The number of carbonyl (C=O) groups is 1. The molecule has 2 atom stereocenters. The predicted molar refractivity (Wildman–Crippen MR) is 93.4 cm³/mol. The average molecular weight is 437 g/mol. The maximum atomic E-state index is 13.3. The Morgan fingerprint density at radius 1 is 1.17 bits per heavy atom. The highest BCUT2D eigenvalue weighted by atomic mass is 19.4. The lowest BCUT2D eigenvalue weighted by atomic mass is 10.1. The lowest BCUT2D eigenvalue weighted by Crippen LogP contribution is -2.41. The molecule has 0 bridgehead atoms. The fraction of sp³-hybridized carbons (Fsp3) is 0.611. The highest BCUT2D eigenvalue weighted by molar-refractivity contribution is 5.80. The standard InChI is InChI=1S/C18H21F6N5O/c1-3-12(29-13-6-4-5-11(13)15(27-29)18(22,23)24)16(30)25-10(2)9-28-8-7-14(26-28)17(19,20)21/h7-8,10,12H,3-6,9H2,1-2H3,(H,25,30)/t10-,12-/m0/s1. The smallest absolute Gasteiger partial charge is 0.350 e. The van der Waals surface area contributed by atoms with E-state index in [2.05, 4.69) is 15.5 Å². The third-order valence-electron chi connectivity index (χ3n) is 4.99. The monoisotopic (exact) mass is 437 g/mol. The molecule has 3 rings (SSSR count). The van der Waals surface area contributed by atoms with Crippen molar-refractivity contribution in [2.24, 2.45) is 0 Å². The Morgan fingerprint density at radius 3 is 2.43 bits per heavy atom. The van der Waals surface area contributed by atoms with Crippen LogP contribution in [0.2, 0.25) is 0 Å². The van der Waals surface area contributed by atoms with E-state index in [1.807, 2.05) is 0 Å². The zero-order chi connectivity index (χ0) is 22.3. The van der Waals surface area contributed by atoms with Crippen molar-refractivity contribution in [2.75, 3.05) is 0 Å². The molecule has 1 aliphatic rings. The van der Waals surface area contributed by atoms with Crippen LogP contribution in [0.3, 0.4) is 0 Å². The number of carbonyl (C=O) groups excluding carboxylic acids is 1. The first kappa shape index (κ1) is 22.2. The Labute approximate surface area is 168 Å². The molecule has 0 saturated carbocycles. The molecular formula is C18H21F6N5O. The molecule has 2 aromatic heterocycles. The van der Waals surface area contributed by atoms with Crippen LogP contribution in [0.15, 0.2) is 12.3 Å². The highest BCUT2D eigenvalue weighted by Crippen LogP contribution is 2.37. The van der Waals surface area contributed by atoms with Gasteiger partial charge in [0.1, 0.15) is 6.04 Å². The van der Waals surface area contributed by atoms with Gasteiger partial charge in [-0.2, -0.15) is 36.5 Å². The van der Waals surface area contributed by atoms with Crippen molar-refractivity contribution in [3.63, 3.8) is 0 Å². The number of fused-ring (bicyclic) bond motifs is 1. The summed E-state index contributed by atoms with van der Waals surface area (Å²) in [6.45, 7) is 3.21. The third-order valence-corrected chi connectivity index (χ3v) is 4.99. The minimum atomic E-state index is -4.60. The van der Waals surface area contributed by atoms with E-state index >= 15 is 0 Å². The van der Waals surface area contributed by atoms with Crippen LogP contribution in [-0.2, 0) is 36.5 Å². The fourth-order valence-corrected chi connectivity index (χ4v) is 3.70. The van der Waals surface area contributed by atoms with E-state index < -0.39 is 41.7 Å². The Bertz CT molecular complexity index is 913. The zero-order valence-corrected chi connectivity index (χ0v) is 16.3. The molecule has 1 N–H and O–H groups in total. The first-order valence-corrected chi connectivity index (χ1v) is 9.50. The van der Waals surface area contributed by atoms with Crippen molar-refractivity contribution < 1.29 is 31.1 Å². The molecular weight excluding hydrogens is 416 g/mol. The predicted octanol–water partition coefficient (Wildman–Crippen LogP) is 3.76. The van der Waals surface area contributed by atoms with Gasteiger partial charge in [0.15, 0.2) is 11.4 Å². The van der Waals surface area contributed by atoms with Gasteiger partial charge in [0.05, 0.1) is 6.54 Å². The second kappa shape index (κ2) is 7.95. The van der Waals surface area contributed by atoms with E-state index in [9.17, 15) is 31.1 Å². The number of amides is 1. The number of nitrogens with one attached hydrogen (secondary N) is 1. The molecule has 0 aromatic carbocycles. The Morgan fingerprint density at radius 2 is 1.87 bits per heavy atom. The Kier molecular flexibility index (Phi) is 5.87. The quantitative estimate of drug-likeness (QED) is 0.700. The number of halogens is 6. The van der Waals surface area contributed by atoms with E-state index in [-0.39, 0.29) is 24.9 Å². The molecule has 2 aromatic rings.